The number of methoxy groups -OCH3 is 2. The van der Waals surface area contributed by atoms with Gasteiger partial charge in [0.2, 0.25) is 0 Å². The minimum absolute atomic E-state index is 0.298. The molecule has 0 fully saturated rings. The van der Waals surface area contributed by atoms with E-state index in [1.807, 2.05) is 6.07 Å². The lowest BCUT2D eigenvalue weighted by Gasteiger charge is -2.09. The summed E-state index contributed by atoms with van der Waals surface area (Å²) in [6.07, 6.45) is 1.45. The molecule has 0 saturated carbocycles. The van der Waals surface area contributed by atoms with E-state index in [1.54, 1.807) is 36.4 Å². The number of carbonyl (C=O) groups excluding carboxylic acids is 1. The third-order valence-corrected chi connectivity index (χ3v) is 3.24. The van der Waals surface area contributed by atoms with Crippen LogP contribution in [0.4, 0.5) is 0 Å². The molecule has 0 spiro atoms. The summed E-state index contributed by atoms with van der Waals surface area (Å²) >= 11 is 6.13. The summed E-state index contributed by atoms with van der Waals surface area (Å²) in [6, 6.07) is 12.1. The number of hydrogen-bond donors (Lipinski definition) is 1. The maximum atomic E-state index is 11.8. The number of hydrogen-bond acceptors (Lipinski definition) is 4. The molecule has 2 aromatic carbocycles. The first kappa shape index (κ1) is 15.9. The van der Waals surface area contributed by atoms with E-state index in [0.717, 1.165) is 0 Å². The van der Waals surface area contributed by atoms with Gasteiger partial charge in [0.25, 0.3) is 5.91 Å². The first-order valence-electron chi connectivity index (χ1n) is 6.45. The van der Waals surface area contributed by atoms with Crippen LogP contribution in [0.15, 0.2) is 47.6 Å². The van der Waals surface area contributed by atoms with E-state index >= 15 is 0 Å². The molecular formula is C16H15ClN2O3. The van der Waals surface area contributed by atoms with Crippen molar-refractivity contribution in [3.63, 3.8) is 0 Å². The standard InChI is InChI=1S/C16H15ClN2O3/c1-21-14-8-12(13(17)9-15(14)22-2)10-18-19-16(20)11-6-4-3-5-7-11/h3-10H,1-2H3,(H,19,20)/b18-10-. The van der Waals surface area contributed by atoms with Gasteiger partial charge >= 0.3 is 0 Å². The van der Waals surface area contributed by atoms with Crippen LogP contribution < -0.4 is 14.9 Å². The van der Waals surface area contributed by atoms with Gasteiger partial charge in [-0.25, -0.2) is 5.43 Å². The molecule has 5 nitrogen and oxygen atoms in total. The van der Waals surface area contributed by atoms with Crippen LogP contribution >= 0.6 is 11.6 Å². The van der Waals surface area contributed by atoms with Gasteiger partial charge in [-0.2, -0.15) is 5.10 Å². The molecule has 0 saturated heterocycles. The van der Waals surface area contributed by atoms with Crippen LogP contribution in [0.1, 0.15) is 15.9 Å². The Hall–Kier alpha value is -2.53. The van der Waals surface area contributed by atoms with Gasteiger partial charge in [-0.15, -0.1) is 0 Å². The molecule has 0 heterocycles. The number of amides is 1. The molecule has 6 heteroatoms. The first-order chi connectivity index (χ1) is 10.7. The number of ether oxygens (including phenoxy) is 2. The Bertz CT molecular complexity index is 687. The topological polar surface area (TPSA) is 59.9 Å². The largest absolute Gasteiger partial charge is 0.493 e. The van der Waals surface area contributed by atoms with Crippen LogP contribution in [0.3, 0.4) is 0 Å². The highest BCUT2D eigenvalue weighted by Crippen LogP contribution is 2.32. The van der Waals surface area contributed by atoms with Crippen LogP contribution in [0, 0.1) is 0 Å². The zero-order valence-electron chi connectivity index (χ0n) is 12.2. The maximum absolute atomic E-state index is 11.8. The third kappa shape index (κ3) is 3.77. The lowest BCUT2D eigenvalue weighted by atomic mass is 10.2. The van der Waals surface area contributed by atoms with Gasteiger partial charge in [-0.3, -0.25) is 4.79 Å². The summed E-state index contributed by atoms with van der Waals surface area (Å²) in [5, 5.41) is 4.34. The van der Waals surface area contributed by atoms with E-state index in [9.17, 15) is 4.79 Å². The summed E-state index contributed by atoms with van der Waals surface area (Å²) in [6.45, 7) is 0. The van der Waals surface area contributed by atoms with Crippen molar-refractivity contribution < 1.29 is 14.3 Å². The molecule has 114 valence electrons. The van der Waals surface area contributed by atoms with Crippen LogP contribution in [0.25, 0.3) is 0 Å². The molecule has 2 aromatic rings. The highest BCUT2D eigenvalue weighted by atomic mass is 35.5. The summed E-state index contributed by atoms with van der Waals surface area (Å²) in [5.41, 5.74) is 3.57. The van der Waals surface area contributed by atoms with Crippen molar-refractivity contribution in [3.05, 3.63) is 58.6 Å². The predicted octanol–water partition coefficient (Wildman–Crippen LogP) is 3.12. The average molecular weight is 319 g/mol. The summed E-state index contributed by atoms with van der Waals surface area (Å²) in [4.78, 5) is 11.8. The summed E-state index contributed by atoms with van der Waals surface area (Å²) < 4.78 is 10.3. The molecule has 0 atom stereocenters. The molecule has 22 heavy (non-hydrogen) atoms. The average Bonchev–Trinajstić information content (AvgIpc) is 2.56. The molecule has 2 rings (SSSR count). The Labute approximate surface area is 133 Å². The maximum Gasteiger partial charge on any atom is 0.271 e. The second-order valence-electron chi connectivity index (χ2n) is 4.29. The van der Waals surface area contributed by atoms with Gasteiger partial charge in [0.05, 0.1) is 25.5 Å². The zero-order valence-corrected chi connectivity index (χ0v) is 12.9. The second-order valence-corrected chi connectivity index (χ2v) is 4.70. The van der Waals surface area contributed by atoms with Gasteiger partial charge in [0.15, 0.2) is 11.5 Å². The Morgan fingerprint density at radius 3 is 2.41 bits per heavy atom. The first-order valence-corrected chi connectivity index (χ1v) is 6.83. The van der Waals surface area contributed by atoms with Gasteiger partial charge in [-0.05, 0) is 18.2 Å². The molecule has 0 aromatic heterocycles. The third-order valence-electron chi connectivity index (χ3n) is 2.91. The highest BCUT2D eigenvalue weighted by molar-refractivity contribution is 6.33. The number of benzene rings is 2. The monoisotopic (exact) mass is 318 g/mol. The minimum atomic E-state index is -0.298. The fraction of sp³-hybridized carbons (Fsp3) is 0.125. The summed E-state index contributed by atoms with van der Waals surface area (Å²) in [7, 11) is 3.06. The molecule has 1 amide bonds. The van der Waals surface area contributed by atoms with Gasteiger partial charge in [0, 0.05) is 17.2 Å². The van der Waals surface area contributed by atoms with Crippen LogP contribution in [0.5, 0.6) is 11.5 Å². The number of halogens is 1. The highest BCUT2D eigenvalue weighted by Gasteiger charge is 2.08. The van der Waals surface area contributed by atoms with Crippen molar-refractivity contribution in [2.24, 2.45) is 5.10 Å². The van der Waals surface area contributed by atoms with E-state index in [0.29, 0.717) is 27.6 Å². The molecule has 0 unspecified atom stereocenters. The number of carbonyl (C=O) groups is 1. The van der Waals surface area contributed by atoms with Crippen molar-refractivity contribution in [2.75, 3.05) is 14.2 Å². The normalized spacial score (nSPS) is 10.5. The molecule has 0 radical (unpaired) electrons. The SMILES string of the molecule is COc1cc(Cl)c(/C=N\NC(=O)c2ccccc2)cc1OC. The van der Waals surface area contributed by atoms with E-state index in [1.165, 1.54) is 20.4 Å². The Kier molecular flexibility index (Phi) is 5.38. The number of nitrogens with zero attached hydrogens (tertiary/aromatic N) is 1. The quantitative estimate of drug-likeness (QED) is 0.680. The minimum Gasteiger partial charge on any atom is -0.493 e. The zero-order chi connectivity index (χ0) is 15.9. The van der Waals surface area contributed by atoms with Gasteiger partial charge in [0.1, 0.15) is 0 Å². The molecule has 0 aliphatic heterocycles. The van der Waals surface area contributed by atoms with Crippen LogP contribution in [0.2, 0.25) is 5.02 Å². The molecular weight excluding hydrogens is 304 g/mol. The van der Waals surface area contributed by atoms with E-state index in [-0.39, 0.29) is 5.91 Å². The smallest absolute Gasteiger partial charge is 0.271 e. The molecule has 0 aliphatic carbocycles. The van der Waals surface area contributed by atoms with E-state index in [4.69, 9.17) is 21.1 Å². The Morgan fingerprint density at radius 2 is 1.77 bits per heavy atom. The lowest BCUT2D eigenvalue weighted by molar-refractivity contribution is 0.0955. The van der Waals surface area contributed by atoms with Gasteiger partial charge < -0.3 is 9.47 Å². The van der Waals surface area contributed by atoms with Crippen molar-refractivity contribution in [1.82, 2.24) is 5.43 Å². The second kappa shape index (κ2) is 7.47. The Balaban J connectivity index is 2.12. The summed E-state index contributed by atoms with van der Waals surface area (Å²) in [5.74, 6) is 0.758. The van der Waals surface area contributed by atoms with E-state index in [2.05, 4.69) is 10.5 Å². The Morgan fingerprint density at radius 1 is 1.14 bits per heavy atom. The fourth-order valence-electron chi connectivity index (χ4n) is 1.78. The predicted molar refractivity (Wildman–Crippen MR) is 86.1 cm³/mol. The molecule has 1 N–H and O–H groups in total. The van der Waals surface area contributed by atoms with Crippen LogP contribution in [-0.2, 0) is 0 Å². The lowest BCUT2D eigenvalue weighted by Crippen LogP contribution is -2.17. The molecule has 0 aliphatic rings. The van der Waals surface area contributed by atoms with Crippen LogP contribution in [-0.4, -0.2) is 26.3 Å². The van der Waals surface area contributed by atoms with Crippen molar-refractivity contribution in [2.45, 2.75) is 0 Å². The van der Waals surface area contributed by atoms with Crippen molar-refractivity contribution >= 4 is 23.7 Å². The van der Waals surface area contributed by atoms with Crippen molar-refractivity contribution in [1.29, 1.82) is 0 Å². The van der Waals surface area contributed by atoms with Gasteiger partial charge in [-0.1, -0.05) is 29.8 Å². The van der Waals surface area contributed by atoms with E-state index < -0.39 is 0 Å². The number of nitrogens with one attached hydrogen (secondary N) is 1. The number of hydrazone groups is 1. The fourth-order valence-corrected chi connectivity index (χ4v) is 1.99. The molecule has 0 bridgehead atoms. The number of rotatable bonds is 5. The van der Waals surface area contributed by atoms with Crippen molar-refractivity contribution in [3.8, 4) is 11.5 Å².